The molecule has 0 spiro atoms. The summed E-state index contributed by atoms with van der Waals surface area (Å²) in [6.07, 6.45) is 5.56. The van der Waals surface area contributed by atoms with Gasteiger partial charge in [-0.25, -0.2) is 4.98 Å². The molecule has 5 nitrogen and oxygen atoms in total. The third-order valence-electron chi connectivity index (χ3n) is 2.51. The molecular formula is C9H14N4O. The summed E-state index contributed by atoms with van der Waals surface area (Å²) in [4.78, 5) is 17.4. The lowest BCUT2D eigenvalue weighted by atomic mass is 10.4. The Morgan fingerprint density at radius 2 is 2.21 bits per heavy atom. The molecule has 0 unspecified atom stereocenters. The van der Waals surface area contributed by atoms with Gasteiger partial charge in [0.15, 0.2) is 0 Å². The van der Waals surface area contributed by atoms with Gasteiger partial charge in [0.1, 0.15) is 6.54 Å². The largest absolute Gasteiger partial charge is 0.369 e. The normalized spacial score (nSPS) is 16.1. The van der Waals surface area contributed by atoms with Gasteiger partial charge in [0, 0.05) is 25.5 Å². The number of aromatic nitrogens is 2. The first-order valence-electron chi connectivity index (χ1n) is 4.82. The highest BCUT2D eigenvalue weighted by atomic mass is 16.2. The van der Waals surface area contributed by atoms with Crippen molar-refractivity contribution >= 4 is 11.9 Å². The predicted molar refractivity (Wildman–Crippen MR) is 52.5 cm³/mol. The van der Waals surface area contributed by atoms with Crippen molar-refractivity contribution in [1.82, 2.24) is 14.5 Å². The number of carbonyl (C=O) groups is 1. The first-order chi connectivity index (χ1) is 6.77. The van der Waals surface area contributed by atoms with Crippen LogP contribution < -0.4 is 5.73 Å². The zero-order valence-electron chi connectivity index (χ0n) is 8.02. The number of amides is 1. The zero-order valence-corrected chi connectivity index (χ0v) is 8.02. The van der Waals surface area contributed by atoms with E-state index >= 15 is 0 Å². The molecule has 0 saturated carbocycles. The number of nitrogen functional groups attached to an aromatic ring is 1. The second kappa shape index (κ2) is 3.69. The van der Waals surface area contributed by atoms with Crippen LogP contribution in [0, 0.1) is 0 Å². The molecule has 2 N–H and O–H groups in total. The highest BCUT2D eigenvalue weighted by Crippen LogP contribution is 2.09. The van der Waals surface area contributed by atoms with E-state index in [4.69, 9.17) is 5.73 Å². The molecule has 0 aliphatic carbocycles. The summed E-state index contributed by atoms with van der Waals surface area (Å²) in [5.74, 6) is 0.532. The molecule has 1 saturated heterocycles. The Kier molecular flexibility index (Phi) is 2.39. The summed E-state index contributed by atoms with van der Waals surface area (Å²) in [5, 5.41) is 0. The molecule has 76 valence electrons. The van der Waals surface area contributed by atoms with Crippen molar-refractivity contribution in [2.75, 3.05) is 18.8 Å². The number of anilines is 1. The summed E-state index contributed by atoms with van der Waals surface area (Å²) in [5.41, 5.74) is 5.57. The first-order valence-corrected chi connectivity index (χ1v) is 4.82. The minimum atomic E-state index is 0.132. The van der Waals surface area contributed by atoms with Gasteiger partial charge in [-0.1, -0.05) is 0 Å². The molecule has 1 aromatic heterocycles. The molecule has 0 radical (unpaired) electrons. The van der Waals surface area contributed by atoms with Crippen molar-refractivity contribution in [1.29, 1.82) is 0 Å². The number of rotatable bonds is 2. The molecule has 1 aliphatic rings. The molecule has 0 atom stereocenters. The van der Waals surface area contributed by atoms with E-state index in [9.17, 15) is 4.79 Å². The average Bonchev–Trinajstić information content (AvgIpc) is 2.77. The highest BCUT2D eigenvalue weighted by molar-refractivity contribution is 5.76. The standard InChI is InChI=1S/C9H14N4O/c10-9-11-3-6-13(9)7-8(14)12-4-1-2-5-12/h3,6H,1-2,4-5,7H2,(H2,10,11). The van der Waals surface area contributed by atoms with Crippen LogP contribution in [-0.4, -0.2) is 33.4 Å². The Morgan fingerprint density at radius 1 is 1.50 bits per heavy atom. The number of likely N-dealkylation sites (tertiary alicyclic amines) is 1. The quantitative estimate of drug-likeness (QED) is 0.725. The molecule has 2 heterocycles. The van der Waals surface area contributed by atoms with E-state index in [1.54, 1.807) is 17.0 Å². The summed E-state index contributed by atoms with van der Waals surface area (Å²) in [6.45, 7) is 2.08. The van der Waals surface area contributed by atoms with Gasteiger partial charge in [-0.3, -0.25) is 4.79 Å². The number of carbonyl (C=O) groups excluding carboxylic acids is 1. The summed E-state index contributed by atoms with van der Waals surface area (Å²) in [7, 11) is 0. The van der Waals surface area contributed by atoms with Gasteiger partial charge in [0.05, 0.1) is 0 Å². The second-order valence-electron chi connectivity index (χ2n) is 3.50. The van der Waals surface area contributed by atoms with Crippen LogP contribution in [0.15, 0.2) is 12.4 Å². The zero-order chi connectivity index (χ0) is 9.97. The fourth-order valence-electron chi connectivity index (χ4n) is 1.69. The van der Waals surface area contributed by atoms with Crippen LogP contribution >= 0.6 is 0 Å². The fraction of sp³-hybridized carbons (Fsp3) is 0.556. The topological polar surface area (TPSA) is 64.1 Å². The summed E-state index contributed by atoms with van der Waals surface area (Å²) in [6, 6.07) is 0. The minimum absolute atomic E-state index is 0.132. The number of hydrogen-bond donors (Lipinski definition) is 1. The lowest BCUT2D eigenvalue weighted by molar-refractivity contribution is -0.130. The van der Waals surface area contributed by atoms with Gasteiger partial charge in [-0.05, 0) is 12.8 Å². The van der Waals surface area contributed by atoms with Crippen molar-refractivity contribution in [3.63, 3.8) is 0 Å². The van der Waals surface area contributed by atoms with Crippen LogP contribution in [0.3, 0.4) is 0 Å². The van der Waals surface area contributed by atoms with Gasteiger partial charge in [0.25, 0.3) is 0 Å². The molecule has 1 fully saturated rings. The van der Waals surface area contributed by atoms with E-state index in [1.807, 2.05) is 4.90 Å². The van der Waals surface area contributed by atoms with E-state index in [2.05, 4.69) is 4.98 Å². The number of imidazole rings is 1. The van der Waals surface area contributed by atoms with Crippen LogP contribution in [0.4, 0.5) is 5.95 Å². The maximum Gasteiger partial charge on any atom is 0.242 e. The van der Waals surface area contributed by atoms with Crippen molar-refractivity contribution < 1.29 is 4.79 Å². The third kappa shape index (κ3) is 1.71. The van der Waals surface area contributed by atoms with Crippen LogP contribution in [0.25, 0.3) is 0 Å². The van der Waals surface area contributed by atoms with Gasteiger partial charge in [0.2, 0.25) is 11.9 Å². The van der Waals surface area contributed by atoms with E-state index < -0.39 is 0 Å². The Labute approximate surface area is 82.5 Å². The lowest BCUT2D eigenvalue weighted by Crippen LogP contribution is -2.31. The van der Waals surface area contributed by atoms with Crippen LogP contribution in [0.5, 0.6) is 0 Å². The Bertz CT molecular complexity index is 327. The minimum Gasteiger partial charge on any atom is -0.369 e. The Balaban J connectivity index is 1.97. The van der Waals surface area contributed by atoms with E-state index in [-0.39, 0.29) is 5.91 Å². The summed E-state index contributed by atoms with van der Waals surface area (Å²) < 4.78 is 1.67. The summed E-state index contributed by atoms with van der Waals surface area (Å²) >= 11 is 0. The second-order valence-corrected chi connectivity index (χ2v) is 3.50. The molecule has 14 heavy (non-hydrogen) atoms. The van der Waals surface area contributed by atoms with Gasteiger partial charge in [-0.15, -0.1) is 0 Å². The van der Waals surface area contributed by atoms with Crippen LogP contribution in [-0.2, 0) is 11.3 Å². The van der Waals surface area contributed by atoms with Crippen molar-refractivity contribution in [2.24, 2.45) is 0 Å². The molecule has 1 amide bonds. The molecule has 5 heteroatoms. The van der Waals surface area contributed by atoms with Crippen molar-refractivity contribution in [3.8, 4) is 0 Å². The first kappa shape index (κ1) is 9.05. The molecular weight excluding hydrogens is 180 g/mol. The third-order valence-corrected chi connectivity index (χ3v) is 2.51. The van der Waals surface area contributed by atoms with E-state index in [1.165, 1.54) is 0 Å². The molecule has 0 bridgehead atoms. The molecule has 1 aliphatic heterocycles. The van der Waals surface area contributed by atoms with E-state index in [0.29, 0.717) is 12.5 Å². The van der Waals surface area contributed by atoms with Crippen molar-refractivity contribution in [3.05, 3.63) is 12.4 Å². The van der Waals surface area contributed by atoms with Gasteiger partial charge in [-0.2, -0.15) is 0 Å². The maximum absolute atomic E-state index is 11.7. The lowest BCUT2D eigenvalue weighted by Gasteiger charge is -2.15. The SMILES string of the molecule is Nc1nccn1CC(=O)N1CCCC1. The van der Waals surface area contributed by atoms with Crippen LogP contribution in [0.1, 0.15) is 12.8 Å². The maximum atomic E-state index is 11.7. The van der Waals surface area contributed by atoms with Crippen molar-refractivity contribution in [2.45, 2.75) is 19.4 Å². The predicted octanol–water partition coefficient (Wildman–Crippen LogP) is 0.0877. The smallest absolute Gasteiger partial charge is 0.242 e. The highest BCUT2D eigenvalue weighted by Gasteiger charge is 2.18. The fourth-order valence-corrected chi connectivity index (χ4v) is 1.69. The average molecular weight is 194 g/mol. The number of nitrogens with zero attached hydrogens (tertiary/aromatic N) is 3. The molecule has 2 rings (SSSR count). The van der Waals surface area contributed by atoms with Gasteiger partial charge >= 0.3 is 0 Å². The number of nitrogens with two attached hydrogens (primary N) is 1. The molecule has 1 aromatic rings. The number of hydrogen-bond acceptors (Lipinski definition) is 3. The Hall–Kier alpha value is -1.52. The monoisotopic (exact) mass is 194 g/mol. The van der Waals surface area contributed by atoms with E-state index in [0.717, 1.165) is 25.9 Å². The van der Waals surface area contributed by atoms with Crippen LogP contribution in [0.2, 0.25) is 0 Å². The van der Waals surface area contributed by atoms with Gasteiger partial charge < -0.3 is 15.2 Å². The molecule has 0 aromatic carbocycles. The Morgan fingerprint density at radius 3 is 2.79 bits per heavy atom.